The quantitative estimate of drug-likeness (QED) is 0.629. The van der Waals surface area contributed by atoms with Gasteiger partial charge in [0.1, 0.15) is 0 Å². The molecule has 0 radical (unpaired) electrons. The summed E-state index contributed by atoms with van der Waals surface area (Å²) in [6.45, 7) is 1.87. The fourth-order valence-electron chi connectivity index (χ4n) is 0.670. The van der Waals surface area contributed by atoms with Crippen LogP contribution in [-0.4, -0.2) is 26.0 Å². The molecule has 0 aliphatic heterocycles. The van der Waals surface area contributed by atoms with Crippen molar-refractivity contribution in [2.45, 2.75) is 32.9 Å². The fraction of sp³-hybridized carbons (Fsp3) is 1.00. The number of hydrogen-bond donors (Lipinski definition) is 0. The number of phosphoric ester groups is 1. The maximum Gasteiger partial charge on any atom is 0.475 e. The molecule has 0 unspecified atom stereocenters. The third kappa shape index (κ3) is 8.10. The van der Waals surface area contributed by atoms with Gasteiger partial charge in [-0.15, -0.1) is 0 Å². The molecule has 0 N–H and O–H groups in total. The Morgan fingerprint density at radius 3 is 1.75 bits per heavy atom. The van der Waals surface area contributed by atoms with Gasteiger partial charge in [0.25, 0.3) is 0 Å². The number of phosphoric acid groups is 1. The van der Waals surface area contributed by atoms with E-state index >= 15 is 0 Å². The maximum absolute atomic E-state index is 11.9. The van der Waals surface area contributed by atoms with Crippen LogP contribution in [0, 0.1) is 0 Å². The van der Waals surface area contributed by atoms with Crippen molar-refractivity contribution in [3.8, 4) is 0 Å². The minimum Gasteiger partial charge on any atom is -0.287 e. The standard InChI is InChI=1S/C8H16F3O4P/c1-3-5-13-16(12,14-6-4-2)15-7-8(9,10)11/h3-7H2,1-2H3. The summed E-state index contributed by atoms with van der Waals surface area (Å²) in [7, 11) is -4.07. The Kier molecular flexibility index (Phi) is 7.22. The zero-order valence-corrected chi connectivity index (χ0v) is 10.1. The summed E-state index contributed by atoms with van der Waals surface area (Å²) in [6, 6.07) is 0. The molecule has 0 aromatic carbocycles. The van der Waals surface area contributed by atoms with Crippen molar-refractivity contribution in [1.82, 2.24) is 0 Å². The first-order valence-corrected chi connectivity index (χ1v) is 6.39. The minimum atomic E-state index is -4.55. The summed E-state index contributed by atoms with van der Waals surface area (Å²) in [5, 5.41) is 0. The molecule has 0 spiro atoms. The average molecular weight is 264 g/mol. The monoisotopic (exact) mass is 264 g/mol. The lowest BCUT2D eigenvalue weighted by Gasteiger charge is -2.18. The molecule has 0 amide bonds. The normalized spacial score (nSPS) is 13.1. The van der Waals surface area contributed by atoms with Gasteiger partial charge in [0, 0.05) is 0 Å². The first kappa shape index (κ1) is 15.9. The lowest BCUT2D eigenvalue weighted by molar-refractivity contribution is -0.158. The number of halogens is 3. The topological polar surface area (TPSA) is 44.8 Å². The summed E-state index contributed by atoms with van der Waals surface area (Å²) in [5.41, 5.74) is 0. The predicted octanol–water partition coefficient (Wildman–Crippen LogP) is 3.53. The first-order chi connectivity index (χ1) is 7.33. The van der Waals surface area contributed by atoms with E-state index in [1.54, 1.807) is 13.8 Å². The van der Waals surface area contributed by atoms with Gasteiger partial charge in [0.15, 0.2) is 6.61 Å². The van der Waals surface area contributed by atoms with Gasteiger partial charge in [-0.05, 0) is 12.8 Å². The van der Waals surface area contributed by atoms with Crippen molar-refractivity contribution in [2.24, 2.45) is 0 Å². The summed E-state index contributed by atoms with van der Waals surface area (Å²) in [6.07, 6.45) is -3.54. The van der Waals surface area contributed by atoms with Crippen LogP contribution in [0.15, 0.2) is 0 Å². The van der Waals surface area contributed by atoms with Crippen molar-refractivity contribution in [1.29, 1.82) is 0 Å². The largest absolute Gasteiger partial charge is 0.475 e. The molecule has 98 valence electrons. The Morgan fingerprint density at radius 1 is 1.00 bits per heavy atom. The van der Waals surface area contributed by atoms with Gasteiger partial charge in [-0.2, -0.15) is 13.2 Å². The van der Waals surface area contributed by atoms with Crippen LogP contribution in [0.4, 0.5) is 13.2 Å². The van der Waals surface area contributed by atoms with Gasteiger partial charge in [-0.3, -0.25) is 13.6 Å². The maximum atomic E-state index is 11.9. The van der Waals surface area contributed by atoms with Gasteiger partial charge >= 0.3 is 14.0 Å². The van der Waals surface area contributed by atoms with Crippen molar-refractivity contribution in [3.05, 3.63) is 0 Å². The van der Waals surface area contributed by atoms with Crippen LogP contribution in [0.2, 0.25) is 0 Å². The van der Waals surface area contributed by atoms with Crippen LogP contribution in [0.1, 0.15) is 26.7 Å². The van der Waals surface area contributed by atoms with E-state index < -0.39 is 20.6 Å². The molecule has 8 heteroatoms. The smallest absolute Gasteiger partial charge is 0.287 e. The number of alkyl halides is 3. The van der Waals surface area contributed by atoms with Gasteiger partial charge in [0.05, 0.1) is 13.2 Å². The van der Waals surface area contributed by atoms with E-state index in [1.807, 2.05) is 0 Å². The molecule has 0 heterocycles. The Balaban J connectivity index is 4.23. The zero-order chi connectivity index (χ0) is 12.7. The molecule has 0 saturated heterocycles. The zero-order valence-electron chi connectivity index (χ0n) is 9.25. The molecule has 0 aliphatic carbocycles. The SMILES string of the molecule is CCCOP(=O)(OCCC)OCC(F)(F)F. The van der Waals surface area contributed by atoms with Gasteiger partial charge in [-0.1, -0.05) is 13.8 Å². The minimum absolute atomic E-state index is 0.0266. The van der Waals surface area contributed by atoms with E-state index in [4.69, 9.17) is 0 Å². The molecule has 0 atom stereocenters. The number of rotatable bonds is 8. The van der Waals surface area contributed by atoms with E-state index in [9.17, 15) is 17.7 Å². The second-order valence-electron chi connectivity index (χ2n) is 3.00. The molecule has 0 aliphatic rings. The summed E-state index contributed by atoms with van der Waals surface area (Å²) < 4.78 is 60.8. The molecule has 0 rings (SSSR count). The molecule has 0 aromatic heterocycles. The molecular formula is C8H16F3O4P. The molecule has 4 nitrogen and oxygen atoms in total. The Hall–Kier alpha value is -0.100. The predicted molar refractivity (Wildman–Crippen MR) is 52.1 cm³/mol. The lowest BCUT2D eigenvalue weighted by Crippen LogP contribution is -2.17. The summed E-state index contributed by atoms with van der Waals surface area (Å²) >= 11 is 0. The van der Waals surface area contributed by atoms with Crippen molar-refractivity contribution >= 4 is 7.82 Å². The molecule has 0 aromatic rings. The van der Waals surface area contributed by atoms with Gasteiger partial charge in [-0.25, -0.2) is 4.57 Å². The highest BCUT2D eigenvalue weighted by atomic mass is 31.2. The molecule has 16 heavy (non-hydrogen) atoms. The van der Waals surface area contributed by atoms with Crippen LogP contribution >= 0.6 is 7.82 Å². The van der Waals surface area contributed by atoms with E-state index in [2.05, 4.69) is 13.6 Å². The van der Waals surface area contributed by atoms with E-state index in [-0.39, 0.29) is 13.2 Å². The average Bonchev–Trinajstić information content (AvgIpc) is 2.20. The Labute approximate surface area is 92.7 Å². The van der Waals surface area contributed by atoms with Gasteiger partial charge in [0.2, 0.25) is 0 Å². The van der Waals surface area contributed by atoms with E-state index in [0.29, 0.717) is 12.8 Å². The third-order valence-electron chi connectivity index (χ3n) is 1.29. The Bertz CT molecular complexity index is 220. The van der Waals surface area contributed by atoms with Crippen LogP contribution < -0.4 is 0 Å². The highest BCUT2D eigenvalue weighted by Gasteiger charge is 2.35. The van der Waals surface area contributed by atoms with E-state index in [0.717, 1.165) is 0 Å². The number of hydrogen-bond acceptors (Lipinski definition) is 4. The van der Waals surface area contributed by atoms with E-state index in [1.165, 1.54) is 0 Å². The van der Waals surface area contributed by atoms with Crippen LogP contribution in [-0.2, 0) is 18.1 Å². The third-order valence-corrected chi connectivity index (χ3v) is 2.74. The fourth-order valence-corrected chi connectivity index (χ4v) is 2.01. The summed E-state index contributed by atoms with van der Waals surface area (Å²) in [5.74, 6) is 0. The van der Waals surface area contributed by atoms with Crippen LogP contribution in [0.5, 0.6) is 0 Å². The highest BCUT2D eigenvalue weighted by molar-refractivity contribution is 7.48. The second kappa shape index (κ2) is 7.27. The van der Waals surface area contributed by atoms with Crippen LogP contribution in [0.25, 0.3) is 0 Å². The summed E-state index contributed by atoms with van der Waals surface area (Å²) in [4.78, 5) is 0. The highest BCUT2D eigenvalue weighted by Crippen LogP contribution is 2.50. The molecule has 0 fully saturated rings. The molecular weight excluding hydrogens is 248 g/mol. The lowest BCUT2D eigenvalue weighted by atomic mass is 10.5. The first-order valence-electron chi connectivity index (χ1n) is 4.93. The Morgan fingerprint density at radius 2 is 1.44 bits per heavy atom. The molecule has 0 bridgehead atoms. The van der Waals surface area contributed by atoms with Crippen LogP contribution in [0.3, 0.4) is 0 Å². The van der Waals surface area contributed by atoms with Crippen molar-refractivity contribution in [3.63, 3.8) is 0 Å². The van der Waals surface area contributed by atoms with Crippen molar-refractivity contribution < 1.29 is 31.3 Å². The van der Waals surface area contributed by atoms with Gasteiger partial charge < -0.3 is 0 Å². The molecule has 0 saturated carbocycles. The van der Waals surface area contributed by atoms with Crippen molar-refractivity contribution in [2.75, 3.05) is 19.8 Å². The second-order valence-corrected chi connectivity index (χ2v) is 4.67.